The fourth-order valence-electron chi connectivity index (χ4n) is 1.77. The van der Waals surface area contributed by atoms with Gasteiger partial charge < -0.3 is 5.32 Å². The first-order valence-electron chi connectivity index (χ1n) is 6.63. The molecular formula is C13H23N5S. The molecule has 0 saturated carbocycles. The summed E-state index contributed by atoms with van der Waals surface area (Å²) in [6.45, 7) is 13.8. The van der Waals surface area contributed by atoms with Crippen LogP contribution in [-0.4, -0.2) is 31.9 Å². The summed E-state index contributed by atoms with van der Waals surface area (Å²) >= 11 is 1.62. The normalized spacial score (nSPS) is 13.4. The Morgan fingerprint density at radius 1 is 1.11 bits per heavy atom. The molecule has 2 heterocycles. The number of aromatic nitrogens is 4. The van der Waals surface area contributed by atoms with E-state index in [0.29, 0.717) is 0 Å². The van der Waals surface area contributed by atoms with Crippen LogP contribution < -0.4 is 5.32 Å². The quantitative estimate of drug-likeness (QED) is 0.938. The molecule has 2 aromatic rings. The minimum Gasteiger partial charge on any atom is -0.312 e. The van der Waals surface area contributed by atoms with Crippen LogP contribution in [0.1, 0.15) is 52.4 Å². The average molecular weight is 281 g/mol. The van der Waals surface area contributed by atoms with Crippen molar-refractivity contribution >= 4 is 16.3 Å². The van der Waals surface area contributed by atoms with Crippen molar-refractivity contribution in [3.8, 4) is 0 Å². The minimum absolute atomic E-state index is 0.0333. The molecule has 0 aliphatic rings. The zero-order valence-electron chi connectivity index (χ0n) is 12.6. The largest absolute Gasteiger partial charge is 0.312 e. The van der Waals surface area contributed by atoms with Gasteiger partial charge in [-0.25, -0.2) is 0 Å². The van der Waals surface area contributed by atoms with Crippen molar-refractivity contribution in [1.82, 2.24) is 25.1 Å². The molecule has 0 saturated heterocycles. The molecule has 2 rings (SSSR count). The summed E-state index contributed by atoms with van der Waals surface area (Å²) in [7, 11) is 0. The van der Waals surface area contributed by atoms with E-state index >= 15 is 0 Å². The summed E-state index contributed by atoms with van der Waals surface area (Å²) in [5.41, 5.74) is 0.115. The standard InChI is InChI=1S/C13H23N5S/c1-12(2,3)10-15-16-11-18(10)17-9(19-11)7-8-14-13(4,5)6/h14H,7-8H2,1-6H3. The molecule has 2 aromatic heterocycles. The van der Waals surface area contributed by atoms with Crippen molar-refractivity contribution in [3.05, 3.63) is 10.8 Å². The van der Waals surface area contributed by atoms with Gasteiger partial charge in [0.05, 0.1) is 0 Å². The van der Waals surface area contributed by atoms with Crippen LogP contribution in [0.25, 0.3) is 4.96 Å². The second-order valence-electron chi connectivity index (χ2n) is 6.89. The van der Waals surface area contributed by atoms with Gasteiger partial charge in [-0.2, -0.15) is 9.61 Å². The number of nitrogens with zero attached hydrogens (tertiary/aromatic N) is 4. The molecule has 1 N–H and O–H groups in total. The first-order valence-corrected chi connectivity index (χ1v) is 7.45. The van der Waals surface area contributed by atoms with Crippen LogP contribution in [0.5, 0.6) is 0 Å². The molecular weight excluding hydrogens is 258 g/mol. The Morgan fingerprint density at radius 2 is 1.79 bits per heavy atom. The maximum absolute atomic E-state index is 4.63. The third kappa shape index (κ3) is 3.51. The van der Waals surface area contributed by atoms with Crippen molar-refractivity contribution in [2.75, 3.05) is 6.54 Å². The highest BCUT2D eigenvalue weighted by Crippen LogP contribution is 2.23. The summed E-state index contributed by atoms with van der Waals surface area (Å²) in [5.74, 6) is 0.925. The monoisotopic (exact) mass is 281 g/mol. The number of hydrogen-bond donors (Lipinski definition) is 1. The lowest BCUT2D eigenvalue weighted by molar-refractivity contribution is 0.429. The van der Waals surface area contributed by atoms with Gasteiger partial charge >= 0.3 is 0 Å². The molecule has 0 aliphatic carbocycles. The predicted molar refractivity (Wildman–Crippen MR) is 78.8 cm³/mol. The van der Waals surface area contributed by atoms with Crippen LogP contribution in [0.3, 0.4) is 0 Å². The van der Waals surface area contributed by atoms with E-state index in [0.717, 1.165) is 28.8 Å². The van der Waals surface area contributed by atoms with E-state index in [4.69, 9.17) is 0 Å². The van der Waals surface area contributed by atoms with E-state index in [1.54, 1.807) is 11.3 Å². The van der Waals surface area contributed by atoms with Crippen molar-refractivity contribution in [3.63, 3.8) is 0 Å². The Balaban J connectivity index is 2.12. The highest BCUT2D eigenvalue weighted by Gasteiger charge is 2.23. The Bertz CT molecular complexity index is 556. The number of nitrogens with one attached hydrogen (secondary N) is 1. The smallest absolute Gasteiger partial charge is 0.234 e. The zero-order valence-corrected chi connectivity index (χ0v) is 13.4. The molecule has 6 heteroatoms. The minimum atomic E-state index is -0.0333. The fraction of sp³-hybridized carbons (Fsp3) is 0.769. The first kappa shape index (κ1) is 14.4. The first-order chi connectivity index (χ1) is 8.67. The lowest BCUT2D eigenvalue weighted by Crippen LogP contribution is -2.37. The highest BCUT2D eigenvalue weighted by atomic mass is 32.1. The predicted octanol–water partition coefficient (Wildman–Crippen LogP) is 2.41. The second-order valence-corrected chi connectivity index (χ2v) is 7.93. The van der Waals surface area contributed by atoms with Crippen molar-refractivity contribution in [1.29, 1.82) is 0 Å². The Labute approximate surface area is 118 Å². The van der Waals surface area contributed by atoms with Gasteiger partial charge in [-0.15, -0.1) is 10.2 Å². The van der Waals surface area contributed by atoms with E-state index in [2.05, 4.69) is 62.2 Å². The summed E-state index contributed by atoms with van der Waals surface area (Å²) < 4.78 is 1.89. The van der Waals surface area contributed by atoms with Crippen LogP contribution in [0.15, 0.2) is 0 Å². The molecule has 5 nitrogen and oxygen atoms in total. The van der Waals surface area contributed by atoms with Gasteiger partial charge in [0.2, 0.25) is 4.96 Å². The Kier molecular flexibility index (Phi) is 3.66. The van der Waals surface area contributed by atoms with Gasteiger partial charge in [0.1, 0.15) is 5.01 Å². The number of rotatable bonds is 3. The average Bonchev–Trinajstić information content (AvgIpc) is 2.71. The van der Waals surface area contributed by atoms with Crippen LogP contribution in [0.2, 0.25) is 0 Å². The van der Waals surface area contributed by atoms with Crippen molar-refractivity contribution < 1.29 is 0 Å². The molecule has 0 bridgehead atoms. The topological polar surface area (TPSA) is 55.1 Å². The summed E-state index contributed by atoms with van der Waals surface area (Å²) in [6.07, 6.45) is 0.925. The third-order valence-corrected chi connectivity index (χ3v) is 3.66. The molecule has 0 amide bonds. The molecule has 0 unspecified atom stereocenters. The van der Waals surface area contributed by atoms with Gasteiger partial charge in [-0.1, -0.05) is 32.1 Å². The SMILES string of the molecule is CC(C)(C)NCCc1nn2c(C(C)(C)C)nnc2s1. The van der Waals surface area contributed by atoms with E-state index in [9.17, 15) is 0 Å². The van der Waals surface area contributed by atoms with E-state index < -0.39 is 0 Å². The van der Waals surface area contributed by atoms with Crippen molar-refractivity contribution in [2.24, 2.45) is 0 Å². The third-order valence-electron chi connectivity index (χ3n) is 2.70. The highest BCUT2D eigenvalue weighted by molar-refractivity contribution is 7.16. The van der Waals surface area contributed by atoms with Crippen LogP contribution >= 0.6 is 11.3 Å². The van der Waals surface area contributed by atoms with Crippen LogP contribution in [0, 0.1) is 0 Å². The molecule has 0 spiro atoms. The maximum Gasteiger partial charge on any atom is 0.234 e. The molecule has 0 aromatic carbocycles. The van der Waals surface area contributed by atoms with E-state index in [-0.39, 0.29) is 11.0 Å². The van der Waals surface area contributed by atoms with Gasteiger partial charge in [-0.05, 0) is 20.8 Å². The lowest BCUT2D eigenvalue weighted by Gasteiger charge is -2.19. The lowest BCUT2D eigenvalue weighted by atomic mass is 9.96. The van der Waals surface area contributed by atoms with Crippen LogP contribution in [-0.2, 0) is 11.8 Å². The molecule has 106 valence electrons. The van der Waals surface area contributed by atoms with Gasteiger partial charge in [0.15, 0.2) is 5.82 Å². The molecule has 0 atom stereocenters. The second kappa shape index (κ2) is 4.83. The Hall–Kier alpha value is -1.01. The molecule has 0 radical (unpaired) electrons. The Morgan fingerprint density at radius 3 is 2.37 bits per heavy atom. The number of hydrogen-bond acceptors (Lipinski definition) is 5. The molecule has 0 aliphatic heterocycles. The maximum atomic E-state index is 4.63. The van der Waals surface area contributed by atoms with Gasteiger partial charge in [0.25, 0.3) is 0 Å². The summed E-state index contributed by atoms with van der Waals surface area (Å²) in [5, 5.41) is 17.6. The van der Waals surface area contributed by atoms with E-state index in [1.165, 1.54) is 0 Å². The number of fused-ring (bicyclic) bond motifs is 1. The van der Waals surface area contributed by atoms with Crippen LogP contribution in [0.4, 0.5) is 0 Å². The summed E-state index contributed by atoms with van der Waals surface area (Å²) in [4.78, 5) is 0.885. The van der Waals surface area contributed by atoms with Gasteiger partial charge in [0, 0.05) is 23.9 Å². The molecule has 0 fully saturated rings. The summed E-state index contributed by atoms with van der Waals surface area (Å²) in [6, 6.07) is 0. The van der Waals surface area contributed by atoms with Gasteiger partial charge in [-0.3, -0.25) is 0 Å². The van der Waals surface area contributed by atoms with E-state index in [1.807, 2.05) is 4.52 Å². The molecule has 19 heavy (non-hydrogen) atoms. The van der Waals surface area contributed by atoms with Crippen molar-refractivity contribution in [2.45, 2.75) is 58.9 Å². The zero-order chi connectivity index (χ0) is 14.3. The fourth-order valence-corrected chi connectivity index (χ4v) is 2.60.